The summed E-state index contributed by atoms with van der Waals surface area (Å²) < 4.78 is 18.7. The quantitative estimate of drug-likeness (QED) is 0.845. The molecule has 3 rings (SSSR count). The molecule has 2 amide bonds. The van der Waals surface area contributed by atoms with Gasteiger partial charge in [0.25, 0.3) is 5.91 Å². The molecule has 0 bridgehead atoms. The van der Waals surface area contributed by atoms with Gasteiger partial charge >= 0.3 is 0 Å². The number of hydrogen-bond donors (Lipinski definition) is 1. The summed E-state index contributed by atoms with van der Waals surface area (Å²) in [6.45, 7) is 5.11. The normalized spacial score (nSPS) is 21.6. The van der Waals surface area contributed by atoms with Crippen molar-refractivity contribution in [2.75, 3.05) is 45.9 Å². The van der Waals surface area contributed by atoms with Crippen LogP contribution in [0.3, 0.4) is 0 Å². The molecule has 1 N–H and O–H groups in total. The van der Waals surface area contributed by atoms with E-state index < -0.39 is 11.7 Å². The number of rotatable bonds is 5. The number of amides is 2. The number of hydrogen-bond acceptors (Lipinski definition) is 4. The van der Waals surface area contributed by atoms with Crippen molar-refractivity contribution in [2.24, 2.45) is 0 Å². The second-order valence-electron chi connectivity index (χ2n) is 6.33. The Bertz CT molecular complexity index is 632. The van der Waals surface area contributed by atoms with Gasteiger partial charge in [-0.05, 0) is 18.2 Å². The summed E-state index contributed by atoms with van der Waals surface area (Å²) in [6, 6.07) is 3.41. The molecule has 0 aliphatic carbocycles. The first-order chi connectivity index (χ1) is 12.0. The fourth-order valence-electron chi connectivity index (χ4n) is 3.13. The monoisotopic (exact) mass is 369 g/mol. The smallest absolute Gasteiger partial charge is 0.251 e. The van der Waals surface area contributed by atoms with Gasteiger partial charge in [0.1, 0.15) is 5.82 Å². The molecular weight excluding hydrogens is 349 g/mol. The number of benzene rings is 1. The van der Waals surface area contributed by atoms with E-state index in [0.29, 0.717) is 13.1 Å². The van der Waals surface area contributed by atoms with Gasteiger partial charge in [-0.15, -0.1) is 0 Å². The molecular formula is C17H21ClFN3O3. The first-order valence-electron chi connectivity index (χ1n) is 8.36. The van der Waals surface area contributed by atoms with Crippen molar-refractivity contribution in [3.63, 3.8) is 0 Å². The fourth-order valence-corrected chi connectivity index (χ4v) is 3.35. The van der Waals surface area contributed by atoms with Crippen molar-refractivity contribution in [1.29, 1.82) is 0 Å². The van der Waals surface area contributed by atoms with Gasteiger partial charge in [0.05, 0.1) is 19.3 Å². The zero-order valence-electron chi connectivity index (χ0n) is 13.8. The highest BCUT2D eigenvalue weighted by molar-refractivity contribution is 6.31. The first kappa shape index (κ1) is 18.1. The molecule has 1 atom stereocenters. The van der Waals surface area contributed by atoms with Gasteiger partial charge in [-0.25, -0.2) is 4.39 Å². The third kappa shape index (κ3) is 4.90. The van der Waals surface area contributed by atoms with E-state index in [1.54, 1.807) is 4.90 Å². The summed E-state index contributed by atoms with van der Waals surface area (Å²) in [6.07, 6.45) is 0.262. The maximum atomic E-state index is 13.4. The van der Waals surface area contributed by atoms with Crippen LogP contribution in [0.15, 0.2) is 18.2 Å². The lowest BCUT2D eigenvalue weighted by Gasteiger charge is -2.28. The highest BCUT2D eigenvalue weighted by atomic mass is 35.5. The van der Waals surface area contributed by atoms with Crippen molar-refractivity contribution in [3.05, 3.63) is 34.6 Å². The highest BCUT2D eigenvalue weighted by Gasteiger charge is 2.31. The van der Waals surface area contributed by atoms with Gasteiger partial charge in [0.15, 0.2) is 0 Å². The minimum atomic E-state index is -0.563. The Morgan fingerprint density at radius 1 is 1.28 bits per heavy atom. The van der Waals surface area contributed by atoms with Crippen molar-refractivity contribution in [1.82, 2.24) is 15.1 Å². The Morgan fingerprint density at radius 2 is 2.04 bits per heavy atom. The van der Waals surface area contributed by atoms with E-state index in [1.165, 1.54) is 6.07 Å². The van der Waals surface area contributed by atoms with E-state index in [0.717, 1.165) is 45.0 Å². The van der Waals surface area contributed by atoms with Crippen LogP contribution in [0.2, 0.25) is 5.02 Å². The third-order valence-electron chi connectivity index (χ3n) is 4.46. The third-order valence-corrected chi connectivity index (χ3v) is 4.68. The average molecular weight is 370 g/mol. The average Bonchev–Trinajstić information content (AvgIpc) is 2.92. The van der Waals surface area contributed by atoms with E-state index in [2.05, 4.69) is 10.2 Å². The highest BCUT2D eigenvalue weighted by Crippen LogP contribution is 2.16. The molecule has 1 aromatic rings. The fraction of sp³-hybridized carbons (Fsp3) is 0.529. The molecule has 1 unspecified atom stereocenters. The molecule has 2 aliphatic heterocycles. The number of carbonyl (C=O) groups is 2. The minimum absolute atomic E-state index is 0.0239. The topological polar surface area (TPSA) is 61.9 Å². The molecule has 2 saturated heterocycles. The molecule has 25 heavy (non-hydrogen) atoms. The summed E-state index contributed by atoms with van der Waals surface area (Å²) in [5, 5.41) is 2.95. The van der Waals surface area contributed by atoms with Crippen molar-refractivity contribution in [3.8, 4) is 0 Å². The number of nitrogens with one attached hydrogen (secondary N) is 1. The summed E-state index contributed by atoms with van der Waals surface area (Å²) in [4.78, 5) is 28.4. The van der Waals surface area contributed by atoms with Crippen LogP contribution in [0.1, 0.15) is 16.8 Å². The predicted octanol–water partition coefficient (Wildman–Crippen LogP) is 1.14. The molecule has 0 spiro atoms. The number of halogens is 2. The van der Waals surface area contributed by atoms with Gasteiger partial charge in [0.2, 0.25) is 5.91 Å². The number of nitrogens with zero attached hydrogens (tertiary/aromatic N) is 2. The van der Waals surface area contributed by atoms with E-state index in [1.807, 2.05) is 0 Å². The van der Waals surface area contributed by atoms with Crippen LogP contribution in [0.5, 0.6) is 0 Å². The SMILES string of the molecule is O=C(NC1CC(=O)N(CCN2CCOCC2)C1)c1cc(F)cc(Cl)c1. The van der Waals surface area contributed by atoms with Crippen molar-refractivity contribution in [2.45, 2.75) is 12.5 Å². The molecule has 2 fully saturated rings. The van der Waals surface area contributed by atoms with E-state index in [4.69, 9.17) is 16.3 Å². The number of ether oxygens (including phenoxy) is 1. The molecule has 0 aromatic heterocycles. The summed E-state index contributed by atoms with van der Waals surface area (Å²) in [7, 11) is 0. The minimum Gasteiger partial charge on any atom is -0.379 e. The van der Waals surface area contributed by atoms with Crippen LogP contribution in [-0.4, -0.2) is 73.6 Å². The maximum absolute atomic E-state index is 13.4. The molecule has 2 aliphatic rings. The summed E-state index contributed by atoms with van der Waals surface area (Å²) in [5.74, 6) is -0.961. The Kier molecular flexibility index (Phi) is 5.88. The van der Waals surface area contributed by atoms with Crippen LogP contribution in [-0.2, 0) is 9.53 Å². The maximum Gasteiger partial charge on any atom is 0.251 e. The van der Waals surface area contributed by atoms with Crippen LogP contribution in [0.4, 0.5) is 4.39 Å². The van der Waals surface area contributed by atoms with Crippen LogP contribution >= 0.6 is 11.6 Å². The number of morpholine rings is 1. The van der Waals surface area contributed by atoms with Gasteiger partial charge in [0, 0.05) is 49.7 Å². The van der Waals surface area contributed by atoms with Crippen LogP contribution in [0.25, 0.3) is 0 Å². The Labute approximate surface area is 150 Å². The van der Waals surface area contributed by atoms with E-state index in [-0.39, 0.29) is 29.0 Å². The standard InChI is InChI=1S/C17H21ClFN3O3/c18-13-7-12(8-14(19)9-13)17(24)20-15-10-16(23)22(11-15)2-1-21-3-5-25-6-4-21/h7-9,15H,1-6,10-11H2,(H,20,24). The van der Waals surface area contributed by atoms with Crippen LogP contribution < -0.4 is 5.32 Å². The molecule has 0 radical (unpaired) electrons. The summed E-state index contributed by atoms with van der Waals surface area (Å²) >= 11 is 5.78. The number of likely N-dealkylation sites (tertiary alicyclic amines) is 1. The zero-order valence-corrected chi connectivity index (χ0v) is 14.6. The molecule has 136 valence electrons. The lowest BCUT2D eigenvalue weighted by molar-refractivity contribution is -0.128. The molecule has 8 heteroatoms. The zero-order chi connectivity index (χ0) is 17.8. The molecule has 1 aromatic carbocycles. The largest absolute Gasteiger partial charge is 0.379 e. The van der Waals surface area contributed by atoms with Gasteiger partial charge in [-0.3, -0.25) is 14.5 Å². The molecule has 0 saturated carbocycles. The lowest BCUT2D eigenvalue weighted by Crippen LogP contribution is -2.42. The van der Waals surface area contributed by atoms with Crippen LogP contribution in [0, 0.1) is 5.82 Å². The van der Waals surface area contributed by atoms with Gasteiger partial charge in [-0.1, -0.05) is 11.6 Å². The lowest BCUT2D eigenvalue weighted by atomic mass is 10.2. The van der Waals surface area contributed by atoms with Gasteiger partial charge in [-0.2, -0.15) is 0 Å². The predicted molar refractivity (Wildman–Crippen MR) is 91.1 cm³/mol. The Balaban J connectivity index is 1.50. The Hall–Kier alpha value is -1.70. The van der Waals surface area contributed by atoms with Crippen molar-refractivity contribution < 1.29 is 18.7 Å². The second-order valence-corrected chi connectivity index (χ2v) is 6.76. The van der Waals surface area contributed by atoms with E-state index in [9.17, 15) is 14.0 Å². The van der Waals surface area contributed by atoms with E-state index >= 15 is 0 Å². The second kappa shape index (κ2) is 8.12. The molecule has 6 nitrogen and oxygen atoms in total. The van der Waals surface area contributed by atoms with Crippen molar-refractivity contribution >= 4 is 23.4 Å². The number of carbonyl (C=O) groups excluding carboxylic acids is 2. The Morgan fingerprint density at radius 3 is 2.76 bits per heavy atom. The van der Waals surface area contributed by atoms with Gasteiger partial charge < -0.3 is 15.0 Å². The summed E-state index contributed by atoms with van der Waals surface area (Å²) in [5.41, 5.74) is 0.157. The molecule has 2 heterocycles. The first-order valence-corrected chi connectivity index (χ1v) is 8.74.